The van der Waals surface area contributed by atoms with Crippen molar-refractivity contribution in [2.24, 2.45) is 0 Å². The van der Waals surface area contributed by atoms with Crippen molar-refractivity contribution in [3.8, 4) is 0 Å². The van der Waals surface area contributed by atoms with Crippen molar-refractivity contribution < 1.29 is 4.74 Å². The average Bonchev–Trinajstić information content (AvgIpc) is 1.87. The first-order chi connectivity index (χ1) is 4.66. The van der Waals surface area contributed by atoms with E-state index in [1.807, 2.05) is 13.8 Å². The van der Waals surface area contributed by atoms with Gasteiger partial charge in [0.15, 0.2) is 0 Å². The van der Waals surface area contributed by atoms with Gasteiger partial charge in [0, 0.05) is 6.04 Å². The molecule has 0 aliphatic heterocycles. The lowest BCUT2D eigenvalue weighted by molar-refractivity contribution is 0.0591. The van der Waals surface area contributed by atoms with Crippen LogP contribution in [-0.2, 0) is 4.74 Å². The van der Waals surface area contributed by atoms with Crippen molar-refractivity contribution in [3.05, 3.63) is 0 Å². The summed E-state index contributed by atoms with van der Waals surface area (Å²) in [6.45, 7) is 9.07. The molecule has 0 spiro atoms. The lowest BCUT2D eigenvalue weighted by Gasteiger charge is -2.13. The molecule has 0 aromatic heterocycles. The Morgan fingerprint density at radius 2 is 1.90 bits per heavy atom. The zero-order valence-corrected chi connectivity index (χ0v) is 7.48. The SMILES string of the molecule is CCC(C)NCOC(C)C. The standard InChI is InChI=1S/C8H19NO/c1-5-8(4)9-6-10-7(2)3/h7-9H,5-6H2,1-4H3. The molecule has 0 fully saturated rings. The highest BCUT2D eigenvalue weighted by Crippen LogP contribution is 1.89. The van der Waals surface area contributed by atoms with Gasteiger partial charge in [0.05, 0.1) is 12.8 Å². The van der Waals surface area contributed by atoms with Crippen LogP contribution in [0, 0.1) is 0 Å². The second kappa shape index (κ2) is 5.69. The largest absolute Gasteiger partial charge is 0.364 e. The predicted molar refractivity (Wildman–Crippen MR) is 44.0 cm³/mol. The number of ether oxygens (including phenoxy) is 1. The van der Waals surface area contributed by atoms with Gasteiger partial charge in [-0.3, -0.25) is 5.32 Å². The Balaban J connectivity index is 3.03. The maximum atomic E-state index is 5.30. The van der Waals surface area contributed by atoms with Gasteiger partial charge in [-0.1, -0.05) is 6.92 Å². The van der Waals surface area contributed by atoms with Crippen LogP contribution in [0.5, 0.6) is 0 Å². The van der Waals surface area contributed by atoms with E-state index in [4.69, 9.17) is 4.74 Å². The van der Waals surface area contributed by atoms with Gasteiger partial charge < -0.3 is 4.74 Å². The van der Waals surface area contributed by atoms with Crippen LogP contribution < -0.4 is 5.32 Å². The normalized spacial score (nSPS) is 14.1. The third kappa shape index (κ3) is 6.05. The van der Waals surface area contributed by atoms with Gasteiger partial charge in [0.25, 0.3) is 0 Å². The summed E-state index contributed by atoms with van der Waals surface area (Å²) in [5.74, 6) is 0. The molecule has 0 bridgehead atoms. The number of hydrogen-bond acceptors (Lipinski definition) is 2. The Hall–Kier alpha value is -0.0800. The predicted octanol–water partition coefficient (Wildman–Crippen LogP) is 1.76. The molecular weight excluding hydrogens is 126 g/mol. The van der Waals surface area contributed by atoms with Crippen LogP contribution in [-0.4, -0.2) is 18.9 Å². The molecule has 0 radical (unpaired) electrons. The highest BCUT2D eigenvalue weighted by Gasteiger charge is 1.96. The molecule has 0 aliphatic rings. The molecule has 0 aromatic carbocycles. The van der Waals surface area contributed by atoms with E-state index < -0.39 is 0 Å². The van der Waals surface area contributed by atoms with E-state index in [1.165, 1.54) is 0 Å². The van der Waals surface area contributed by atoms with Crippen molar-refractivity contribution in [2.45, 2.75) is 46.3 Å². The smallest absolute Gasteiger partial charge is 0.0970 e. The fourth-order valence-electron chi connectivity index (χ4n) is 0.501. The molecule has 0 saturated carbocycles. The Morgan fingerprint density at radius 3 is 2.30 bits per heavy atom. The van der Waals surface area contributed by atoms with E-state index >= 15 is 0 Å². The molecule has 2 heteroatoms. The number of rotatable bonds is 5. The summed E-state index contributed by atoms with van der Waals surface area (Å²) in [6, 6.07) is 0.568. The zero-order chi connectivity index (χ0) is 7.98. The quantitative estimate of drug-likeness (QED) is 0.595. The fraction of sp³-hybridized carbons (Fsp3) is 1.00. The average molecular weight is 145 g/mol. The summed E-state index contributed by atoms with van der Waals surface area (Å²) in [5.41, 5.74) is 0. The first-order valence-electron chi connectivity index (χ1n) is 4.01. The van der Waals surface area contributed by atoms with E-state index in [1.54, 1.807) is 0 Å². The molecule has 0 rings (SSSR count). The van der Waals surface area contributed by atoms with Crippen LogP contribution in [0.15, 0.2) is 0 Å². The summed E-state index contributed by atoms with van der Waals surface area (Å²) < 4.78 is 5.30. The van der Waals surface area contributed by atoms with E-state index in [2.05, 4.69) is 19.2 Å². The molecule has 0 amide bonds. The fourth-order valence-corrected chi connectivity index (χ4v) is 0.501. The third-order valence-electron chi connectivity index (χ3n) is 1.46. The maximum absolute atomic E-state index is 5.30. The molecule has 1 unspecified atom stereocenters. The number of hydrogen-bond donors (Lipinski definition) is 1. The molecule has 10 heavy (non-hydrogen) atoms. The van der Waals surface area contributed by atoms with Crippen LogP contribution in [0.4, 0.5) is 0 Å². The maximum Gasteiger partial charge on any atom is 0.0970 e. The Morgan fingerprint density at radius 1 is 1.30 bits per heavy atom. The number of nitrogens with one attached hydrogen (secondary N) is 1. The van der Waals surface area contributed by atoms with Crippen molar-refractivity contribution in [1.29, 1.82) is 0 Å². The molecule has 0 aliphatic carbocycles. The van der Waals surface area contributed by atoms with Gasteiger partial charge in [-0.15, -0.1) is 0 Å². The molecule has 62 valence electrons. The summed E-state index contributed by atoms with van der Waals surface area (Å²) in [5, 5.41) is 3.24. The topological polar surface area (TPSA) is 21.3 Å². The Labute approximate surface area is 64.0 Å². The molecule has 1 N–H and O–H groups in total. The first kappa shape index (κ1) is 9.92. The van der Waals surface area contributed by atoms with Crippen molar-refractivity contribution in [2.75, 3.05) is 6.73 Å². The van der Waals surface area contributed by atoms with Crippen LogP contribution in [0.25, 0.3) is 0 Å². The van der Waals surface area contributed by atoms with E-state index in [-0.39, 0.29) is 0 Å². The third-order valence-corrected chi connectivity index (χ3v) is 1.46. The minimum atomic E-state index is 0.330. The van der Waals surface area contributed by atoms with Gasteiger partial charge in [0.1, 0.15) is 0 Å². The molecule has 0 aromatic rings. The first-order valence-corrected chi connectivity index (χ1v) is 4.01. The van der Waals surface area contributed by atoms with E-state index in [9.17, 15) is 0 Å². The summed E-state index contributed by atoms with van der Waals surface area (Å²) in [4.78, 5) is 0. The lowest BCUT2D eigenvalue weighted by Crippen LogP contribution is -2.29. The molecule has 1 atom stereocenters. The van der Waals surface area contributed by atoms with Gasteiger partial charge in [-0.05, 0) is 27.2 Å². The monoisotopic (exact) mass is 145 g/mol. The highest BCUT2D eigenvalue weighted by atomic mass is 16.5. The van der Waals surface area contributed by atoms with E-state index in [0.717, 1.165) is 6.42 Å². The second-order valence-electron chi connectivity index (χ2n) is 2.87. The summed E-state index contributed by atoms with van der Waals surface area (Å²) >= 11 is 0. The van der Waals surface area contributed by atoms with Crippen LogP contribution in [0.2, 0.25) is 0 Å². The minimum absolute atomic E-state index is 0.330. The highest BCUT2D eigenvalue weighted by molar-refractivity contribution is 4.52. The van der Waals surface area contributed by atoms with E-state index in [0.29, 0.717) is 18.9 Å². The van der Waals surface area contributed by atoms with Crippen LogP contribution >= 0.6 is 0 Å². The summed E-state index contributed by atoms with van der Waals surface area (Å²) in [6.07, 6.45) is 1.48. The van der Waals surface area contributed by atoms with Crippen molar-refractivity contribution in [3.63, 3.8) is 0 Å². The van der Waals surface area contributed by atoms with Crippen LogP contribution in [0.3, 0.4) is 0 Å². The molecule has 0 heterocycles. The van der Waals surface area contributed by atoms with Crippen molar-refractivity contribution in [1.82, 2.24) is 5.32 Å². The van der Waals surface area contributed by atoms with Gasteiger partial charge in [-0.25, -0.2) is 0 Å². The zero-order valence-electron chi connectivity index (χ0n) is 7.48. The van der Waals surface area contributed by atoms with Crippen molar-refractivity contribution >= 4 is 0 Å². The van der Waals surface area contributed by atoms with Gasteiger partial charge in [-0.2, -0.15) is 0 Å². The van der Waals surface area contributed by atoms with Gasteiger partial charge >= 0.3 is 0 Å². The molecular formula is C8H19NO. The molecule has 2 nitrogen and oxygen atoms in total. The minimum Gasteiger partial charge on any atom is -0.364 e. The summed E-state index contributed by atoms with van der Waals surface area (Å²) in [7, 11) is 0. The lowest BCUT2D eigenvalue weighted by atomic mass is 10.3. The van der Waals surface area contributed by atoms with Crippen LogP contribution in [0.1, 0.15) is 34.1 Å². The second-order valence-corrected chi connectivity index (χ2v) is 2.87. The molecule has 0 saturated heterocycles. The van der Waals surface area contributed by atoms with Gasteiger partial charge in [0.2, 0.25) is 0 Å². The Bertz CT molecular complexity index is 73.7. The Kier molecular flexibility index (Phi) is 5.64.